The van der Waals surface area contributed by atoms with Crippen LogP contribution in [0.25, 0.3) is 0 Å². The molecule has 0 aliphatic carbocycles. The van der Waals surface area contributed by atoms with Gasteiger partial charge in [-0.25, -0.2) is 4.98 Å². The summed E-state index contributed by atoms with van der Waals surface area (Å²) in [5, 5.41) is 9.90. The molecule has 150 valence electrons. The lowest BCUT2D eigenvalue weighted by Gasteiger charge is -2.19. The average molecular weight is 504 g/mol. The zero-order chi connectivity index (χ0) is 18.8. The van der Waals surface area contributed by atoms with E-state index in [4.69, 9.17) is 9.47 Å². The molecule has 0 aliphatic heterocycles. The molecule has 0 spiro atoms. The maximum Gasteiger partial charge on any atom is 0.191 e. The minimum Gasteiger partial charge on any atom is -0.493 e. The van der Waals surface area contributed by atoms with E-state index in [0.29, 0.717) is 6.54 Å². The van der Waals surface area contributed by atoms with Gasteiger partial charge in [0, 0.05) is 25.4 Å². The molecule has 2 N–H and O–H groups in total. The highest BCUT2D eigenvalue weighted by molar-refractivity contribution is 14.0. The van der Waals surface area contributed by atoms with Crippen molar-refractivity contribution in [3.63, 3.8) is 0 Å². The number of nitrogens with zero attached hydrogens (tertiary/aromatic N) is 2. The molecule has 1 aromatic carbocycles. The van der Waals surface area contributed by atoms with Crippen LogP contribution in [0, 0.1) is 0 Å². The summed E-state index contributed by atoms with van der Waals surface area (Å²) in [6.07, 6.45) is 1.84. The van der Waals surface area contributed by atoms with Gasteiger partial charge in [-0.15, -0.1) is 35.3 Å². The van der Waals surface area contributed by atoms with Crippen molar-refractivity contribution in [2.45, 2.75) is 32.8 Å². The van der Waals surface area contributed by atoms with E-state index in [9.17, 15) is 0 Å². The maximum absolute atomic E-state index is 5.94. The lowest BCUT2D eigenvalue weighted by Crippen LogP contribution is -2.42. The first-order valence-corrected chi connectivity index (χ1v) is 9.71. The first-order valence-electron chi connectivity index (χ1n) is 8.83. The third-order valence-electron chi connectivity index (χ3n) is 3.75. The number of hydrogen-bond donors (Lipinski definition) is 2. The van der Waals surface area contributed by atoms with Crippen LogP contribution in [0.3, 0.4) is 0 Å². The molecule has 0 bridgehead atoms. The molecular weight excluding hydrogens is 475 g/mol. The third kappa shape index (κ3) is 7.92. The van der Waals surface area contributed by atoms with Gasteiger partial charge in [-0.2, -0.15) is 0 Å². The van der Waals surface area contributed by atoms with Gasteiger partial charge in [0.2, 0.25) is 0 Å². The van der Waals surface area contributed by atoms with Crippen LogP contribution in [0.1, 0.15) is 24.5 Å². The molecule has 0 aliphatic rings. The average Bonchev–Trinajstić information content (AvgIpc) is 3.13. The van der Waals surface area contributed by atoms with Crippen LogP contribution in [-0.4, -0.2) is 44.3 Å². The molecule has 0 fully saturated rings. The molecule has 0 saturated heterocycles. The fourth-order valence-corrected chi connectivity index (χ4v) is 3.15. The van der Waals surface area contributed by atoms with E-state index in [0.717, 1.165) is 42.5 Å². The molecule has 2 aromatic rings. The molecule has 1 heterocycles. The van der Waals surface area contributed by atoms with Crippen molar-refractivity contribution in [2.75, 3.05) is 27.2 Å². The monoisotopic (exact) mass is 504 g/mol. The van der Waals surface area contributed by atoms with Crippen molar-refractivity contribution in [3.05, 3.63) is 40.3 Å². The highest BCUT2D eigenvalue weighted by Gasteiger charge is 2.09. The van der Waals surface area contributed by atoms with Gasteiger partial charge in [0.15, 0.2) is 17.5 Å². The second kappa shape index (κ2) is 12.8. The number of thiazole rings is 1. The Morgan fingerprint density at radius 2 is 2.00 bits per heavy atom. The number of ether oxygens (including phenoxy) is 2. The van der Waals surface area contributed by atoms with Gasteiger partial charge in [-0.1, -0.05) is 19.1 Å². The predicted molar refractivity (Wildman–Crippen MR) is 123 cm³/mol. The van der Waals surface area contributed by atoms with E-state index in [2.05, 4.69) is 32.9 Å². The maximum atomic E-state index is 5.94. The van der Waals surface area contributed by atoms with Gasteiger partial charge >= 0.3 is 0 Å². The molecule has 1 unspecified atom stereocenters. The number of rotatable bonds is 9. The molecule has 0 saturated carbocycles. The molecular formula is C19H29IN4O2S. The van der Waals surface area contributed by atoms with Crippen LogP contribution in [0.15, 0.2) is 34.6 Å². The lowest BCUT2D eigenvalue weighted by molar-refractivity contribution is 0.213. The predicted octanol–water partition coefficient (Wildman–Crippen LogP) is 3.51. The number of aliphatic imine (C=N–C) groups is 1. The van der Waals surface area contributed by atoms with Crippen LogP contribution in [0.2, 0.25) is 0 Å². The number of guanidine groups is 1. The number of halogens is 1. The van der Waals surface area contributed by atoms with E-state index in [-0.39, 0.29) is 30.1 Å². The molecule has 1 atom stereocenters. The summed E-state index contributed by atoms with van der Waals surface area (Å²) in [7, 11) is 3.40. The van der Waals surface area contributed by atoms with Gasteiger partial charge in [0.1, 0.15) is 6.10 Å². The van der Waals surface area contributed by atoms with Crippen molar-refractivity contribution >= 4 is 41.3 Å². The fourth-order valence-electron chi connectivity index (χ4n) is 2.37. The Morgan fingerprint density at radius 1 is 1.26 bits per heavy atom. The summed E-state index contributed by atoms with van der Waals surface area (Å²) in [5.74, 6) is 2.23. The SMILES string of the molecule is CCc1nc(CCNC(=NC)NCC(C)Oc2ccccc2OC)cs1.I. The first kappa shape index (κ1) is 23.5. The van der Waals surface area contributed by atoms with Crippen molar-refractivity contribution in [1.29, 1.82) is 0 Å². The summed E-state index contributed by atoms with van der Waals surface area (Å²) in [6, 6.07) is 7.65. The summed E-state index contributed by atoms with van der Waals surface area (Å²) < 4.78 is 11.3. The Hall–Kier alpha value is -1.55. The van der Waals surface area contributed by atoms with E-state index in [1.807, 2.05) is 31.2 Å². The van der Waals surface area contributed by atoms with E-state index in [1.54, 1.807) is 25.5 Å². The normalized spacial score (nSPS) is 12.1. The van der Waals surface area contributed by atoms with Gasteiger partial charge in [-0.3, -0.25) is 4.99 Å². The number of aromatic nitrogens is 1. The third-order valence-corrected chi connectivity index (χ3v) is 4.80. The molecule has 8 heteroatoms. The summed E-state index contributed by atoms with van der Waals surface area (Å²) >= 11 is 1.72. The van der Waals surface area contributed by atoms with Crippen LogP contribution >= 0.6 is 35.3 Å². The quantitative estimate of drug-likeness (QED) is 0.311. The van der Waals surface area contributed by atoms with Gasteiger partial charge in [-0.05, 0) is 25.5 Å². The van der Waals surface area contributed by atoms with E-state index >= 15 is 0 Å². The molecule has 6 nitrogen and oxygen atoms in total. The number of aryl methyl sites for hydroxylation is 1. The van der Waals surface area contributed by atoms with Crippen molar-refractivity contribution in [2.24, 2.45) is 4.99 Å². The van der Waals surface area contributed by atoms with Crippen LogP contribution in [-0.2, 0) is 12.8 Å². The zero-order valence-electron chi connectivity index (χ0n) is 16.3. The van der Waals surface area contributed by atoms with Crippen molar-refractivity contribution in [3.8, 4) is 11.5 Å². The second-order valence-corrected chi connectivity index (χ2v) is 6.74. The Bertz CT molecular complexity index is 709. The highest BCUT2D eigenvalue weighted by atomic mass is 127. The van der Waals surface area contributed by atoms with Gasteiger partial charge in [0.25, 0.3) is 0 Å². The Labute approximate surface area is 182 Å². The summed E-state index contributed by atoms with van der Waals surface area (Å²) in [6.45, 7) is 5.55. The molecule has 27 heavy (non-hydrogen) atoms. The number of benzene rings is 1. The molecule has 0 radical (unpaired) electrons. The number of para-hydroxylation sites is 2. The second-order valence-electron chi connectivity index (χ2n) is 5.80. The first-order chi connectivity index (χ1) is 12.7. The summed E-state index contributed by atoms with van der Waals surface area (Å²) in [5.41, 5.74) is 1.13. The number of methoxy groups -OCH3 is 1. The van der Waals surface area contributed by atoms with Crippen molar-refractivity contribution in [1.82, 2.24) is 15.6 Å². The lowest BCUT2D eigenvalue weighted by atomic mass is 10.3. The molecule has 1 aromatic heterocycles. The van der Waals surface area contributed by atoms with Gasteiger partial charge < -0.3 is 20.1 Å². The Morgan fingerprint density at radius 3 is 2.63 bits per heavy atom. The van der Waals surface area contributed by atoms with Crippen molar-refractivity contribution < 1.29 is 9.47 Å². The van der Waals surface area contributed by atoms with E-state index in [1.165, 1.54) is 5.01 Å². The minimum absolute atomic E-state index is 0. The largest absolute Gasteiger partial charge is 0.493 e. The highest BCUT2D eigenvalue weighted by Crippen LogP contribution is 2.26. The Balaban J connectivity index is 0.00000364. The van der Waals surface area contributed by atoms with Gasteiger partial charge in [0.05, 0.1) is 24.4 Å². The van der Waals surface area contributed by atoms with Crippen LogP contribution in [0.4, 0.5) is 0 Å². The molecule has 0 amide bonds. The number of nitrogens with one attached hydrogen (secondary N) is 2. The minimum atomic E-state index is -0.0319. The smallest absolute Gasteiger partial charge is 0.191 e. The van der Waals surface area contributed by atoms with Crippen LogP contribution < -0.4 is 20.1 Å². The molecule has 2 rings (SSSR count). The standard InChI is InChI=1S/C19H28N4O2S.HI/c1-5-18-23-15(13-26-18)10-11-21-19(20-3)22-12-14(2)25-17-9-7-6-8-16(17)24-4;/h6-9,13-14H,5,10-12H2,1-4H3,(H2,20,21,22);1H. The topological polar surface area (TPSA) is 67.8 Å². The van der Waals surface area contributed by atoms with Crippen LogP contribution in [0.5, 0.6) is 11.5 Å². The zero-order valence-corrected chi connectivity index (χ0v) is 19.5. The number of hydrogen-bond acceptors (Lipinski definition) is 5. The van der Waals surface area contributed by atoms with E-state index < -0.39 is 0 Å². The fraction of sp³-hybridized carbons (Fsp3) is 0.474. The summed E-state index contributed by atoms with van der Waals surface area (Å²) in [4.78, 5) is 8.82. The Kier molecular flexibility index (Phi) is 11.1.